The number of nitro benzene ring substituents is 1. The van der Waals surface area contributed by atoms with Crippen LogP contribution in [0.2, 0.25) is 0 Å². The zero-order valence-electron chi connectivity index (χ0n) is 19.1. The Balaban J connectivity index is 1.84. The van der Waals surface area contributed by atoms with Gasteiger partial charge >= 0.3 is 0 Å². The summed E-state index contributed by atoms with van der Waals surface area (Å²) in [6, 6.07) is 19.4. The van der Waals surface area contributed by atoms with Gasteiger partial charge < -0.3 is 4.74 Å². The monoisotopic (exact) mass is 496 g/mol. The maximum Gasteiger partial charge on any atom is 0.270 e. The van der Waals surface area contributed by atoms with E-state index in [0.717, 1.165) is 9.87 Å². The summed E-state index contributed by atoms with van der Waals surface area (Å²) in [5.74, 6) is -0.518. The number of amides is 1. The van der Waals surface area contributed by atoms with E-state index in [2.05, 4.69) is 10.5 Å². The van der Waals surface area contributed by atoms with Gasteiger partial charge in [-0.15, -0.1) is 0 Å². The highest BCUT2D eigenvalue weighted by Crippen LogP contribution is 2.28. The maximum atomic E-state index is 13.6. The Bertz CT molecular complexity index is 1340. The molecule has 35 heavy (non-hydrogen) atoms. The van der Waals surface area contributed by atoms with Crippen LogP contribution in [0.5, 0.6) is 5.75 Å². The molecule has 0 heterocycles. The highest BCUT2D eigenvalue weighted by Gasteiger charge is 2.30. The fourth-order valence-corrected chi connectivity index (χ4v) is 4.86. The maximum absolute atomic E-state index is 13.6. The molecular formula is C24H24N4O6S. The Morgan fingerprint density at radius 2 is 1.86 bits per heavy atom. The van der Waals surface area contributed by atoms with Gasteiger partial charge in [-0.1, -0.05) is 48.5 Å². The lowest BCUT2D eigenvalue weighted by Crippen LogP contribution is -2.39. The van der Waals surface area contributed by atoms with Crippen molar-refractivity contribution in [1.82, 2.24) is 9.73 Å². The fraction of sp³-hybridized carbons (Fsp3) is 0.167. The zero-order chi connectivity index (χ0) is 25.4. The summed E-state index contributed by atoms with van der Waals surface area (Å²) >= 11 is 0. The van der Waals surface area contributed by atoms with Gasteiger partial charge in [0.05, 0.1) is 24.8 Å². The number of nitrogens with zero attached hydrogens (tertiary/aromatic N) is 3. The van der Waals surface area contributed by atoms with Crippen molar-refractivity contribution < 1.29 is 22.9 Å². The summed E-state index contributed by atoms with van der Waals surface area (Å²) in [7, 11) is -2.76. The molecule has 0 bridgehead atoms. The quantitative estimate of drug-likeness (QED) is 0.260. The van der Waals surface area contributed by atoms with E-state index in [0.29, 0.717) is 11.1 Å². The molecule has 1 N–H and O–H groups in total. The summed E-state index contributed by atoms with van der Waals surface area (Å²) in [5, 5.41) is 14.7. The van der Waals surface area contributed by atoms with Crippen LogP contribution in [-0.2, 0) is 21.4 Å². The van der Waals surface area contributed by atoms with E-state index in [4.69, 9.17) is 4.74 Å². The lowest BCUT2D eigenvalue weighted by Gasteiger charge is -2.23. The van der Waals surface area contributed by atoms with Crippen LogP contribution < -0.4 is 10.2 Å². The van der Waals surface area contributed by atoms with Gasteiger partial charge in [-0.05, 0) is 30.2 Å². The predicted molar refractivity (Wildman–Crippen MR) is 131 cm³/mol. The second kappa shape index (κ2) is 11.4. The molecule has 182 valence electrons. The molecule has 1 amide bonds. The summed E-state index contributed by atoms with van der Waals surface area (Å²) in [6.45, 7) is 1.19. The molecule has 0 aliphatic rings. The normalized spacial score (nSPS) is 11.5. The number of hydrazone groups is 1. The number of sulfonamides is 1. The van der Waals surface area contributed by atoms with Crippen LogP contribution in [0.15, 0.2) is 82.8 Å². The summed E-state index contributed by atoms with van der Waals surface area (Å²) in [5.41, 5.74) is 3.97. The average molecular weight is 497 g/mol. The number of carbonyl (C=O) groups is 1. The largest absolute Gasteiger partial charge is 0.495 e. The van der Waals surface area contributed by atoms with Crippen LogP contribution in [-0.4, -0.2) is 43.4 Å². The molecule has 0 aromatic heterocycles. The Kier molecular flexibility index (Phi) is 8.29. The van der Waals surface area contributed by atoms with Crippen molar-refractivity contribution in [2.45, 2.75) is 18.4 Å². The van der Waals surface area contributed by atoms with Gasteiger partial charge in [0, 0.05) is 24.2 Å². The fourth-order valence-electron chi connectivity index (χ4n) is 3.23. The Labute approximate surface area is 203 Å². The summed E-state index contributed by atoms with van der Waals surface area (Å²) in [6.07, 6.45) is 1.24. The molecule has 0 saturated heterocycles. The van der Waals surface area contributed by atoms with Crippen LogP contribution in [0.4, 0.5) is 5.69 Å². The number of aryl methyl sites for hydroxylation is 1. The molecule has 0 atom stereocenters. The molecule has 3 rings (SSSR count). The molecule has 0 saturated carbocycles. The first kappa shape index (κ1) is 25.5. The number of hydrogen-bond donors (Lipinski definition) is 1. The smallest absolute Gasteiger partial charge is 0.270 e. The number of nitrogens with one attached hydrogen (secondary N) is 1. The third-order valence-corrected chi connectivity index (χ3v) is 6.76. The Morgan fingerprint density at radius 1 is 1.11 bits per heavy atom. The lowest BCUT2D eigenvalue weighted by atomic mass is 10.2. The number of carbonyl (C=O) groups excluding carboxylic acids is 1. The first-order valence-electron chi connectivity index (χ1n) is 10.5. The third kappa shape index (κ3) is 6.71. The van der Waals surface area contributed by atoms with Crippen molar-refractivity contribution in [3.63, 3.8) is 0 Å². The Morgan fingerprint density at radius 3 is 2.54 bits per heavy atom. The van der Waals surface area contributed by atoms with E-state index in [1.807, 2.05) is 0 Å². The second-order valence-electron chi connectivity index (χ2n) is 7.56. The Hall–Kier alpha value is -4.09. The molecule has 0 radical (unpaired) electrons. The van der Waals surface area contributed by atoms with Gasteiger partial charge in [0.25, 0.3) is 11.6 Å². The van der Waals surface area contributed by atoms with Crippen molar-refractivity contribution in [1.29, 1.82) is 0 Å². The van der Waals surface area contributed by atoms with Gasteiger partial charge in [-0.3, -0.25) is 14.9 Å². The molecule has 11 heteroatoms. The molecule has 0 aliphatic heterocycles. The molecular weight excluding hydrogens is 472 g/mol. The van der Waals surface area contributed by atoms with E-state index in [9.17, 15) is 23.3 Å². The number of methoxy groups -OCH3 is 1. The van der Waals surface area contributed by atoms with Crippen molar-refractivity contribution >= 4 is 27.8 Å². The lowest BCUT2D eigenvalue weighted by molar-refractivity contribution is -0.384. The number of hydrogen-bond acceptors (Lipinski definition) is 7. The van der Waals surface area contributed by atoms with Crippen LogP contribution in [0.3, 0.4) is 0 Å². The van der Waals surface area contributed by atoms with E-state index < -0.39 is 27.4 Å². The minimum Gasteiger partial charge on any atom is -0.495 e. The van der Waals surface area contributed by atoms with Crippen LogP contribution in [0, 0.1) is 17.0 Å². The van der Waals surface area contributed by atoms with Gasteiger partial charge in [0.2, 0.25) is 10.0 Å². The van der Waals surface area contributed by atoms with Gasteiger partial charge in [0.1, 0.15) is 10.6 Å². The zero-order valence-corrected chi connectivity index (χ0v) is 19.9. The minimum absolute atomic E-state index is 0.0520. The van der Waals surface area contributed by atoms with Gasteiger partial charge in [-0.25, -0.2) is 13.8 Å². The predicted octanol–water partition coefficient (Wildman–Crippen LogP) is 3.25. The average Bonchev–Trinajstić information content (AvgIpc) is 2.84. The number of nitro groups is 1. The molecule has 3 aromatic rings. The molecule has 0 fully saturated rings. The van der Waals surface area contributed by atoms with Crippen LogP contribution >= 0.6 is 0 Å². The third-order valence-electron chi connectivity index (χ3n) is 4.94. The first-order valence-corrected chi connectivity index (χ1v) is 11.9. The van der Waals surface area contributed by atoms with Crippen LogP contribution in [0.1, 0.15) is 16.7 Å². The summed E-state index contributed by atoms with van der Waals surface area (Å²) < 4.78 is 33.4. The van der Waals surface area contributed by atoms with Crippen molar-refractivity contribution in [2.24, 2.45) is 5.10 Å². The van der Waals surface area contributed by atoms with E-state index in [-0.39, 0.29) is 22.9 Å². The molecule has 0 aliphatic carbocycles. The number of rotatable bonds is 10. The van der Waals surface area contributed by atoms with Crippen molar-refractivity contribution in [3.8, 4) is 5.75 Å². The highest BCUT2D eigenvalue weighted by molar-refractivity contribution is 7.89. The molecule has 0 spiro atoms. The number of ether oxygens (including phenoxy) is 1. The molecule has 0 unspecified atom stereocenters. The SMILES string of the molecule is COc1ccc(C)cc1S(=O)(=O)N(CC(=O)N/N=C/c1cccc([N+](=O)[O-])c1)Cc1ccccc1. The topological polar surface area (TPSA) is 131 Å². The van der Waals surface area contributed by atoms with Crippen LogP contribution in [0.25, 0.3) is 0 Å². The second-order valence-corrected chi connectivity index (χ2v) is 9.46. The van der Waals surface area contributed by atoms with Gasteiger partial charge in [0.15, 0.2) is 0 Å². The van der Waals surface area contributed by atoms with Crippen molar-refractivity contribution in [3.05, 3.63) is 99.6 Å². The van der Waals surface area contributed by atoms with Crippen molar-refractivity contribution in [2.75, 3.05) is 13.7 Å². The van der Waals surface area contributed by atoms with E-state index >= 15 is 0 Å². The first-order chi connectivity index (χ1) is 16.7. The van der Waals surface area contributed by atoms with Gasteiger partial charge in [-0.2, -0.15) is 9.41 Å². The van der Waals surface area contributed by atoms with E-state index in [1.165, 1.54) is 37.6 Å². The summed E-state index contributed by atoms with van der Waals surface area (Å²) in [4.78, 5) is 23.0. The standard InChI is InChI=1S/C24H24N4O6S/c1-18-11-12-22(34-2)23(13-18)35(32,33)27(16-19-7-4-3-5-8-19)17-24(29)26-25-15-20-9-6-10-21(14-20)28(30)31/h3-15H,16-17H2,1-2H3,(H,26,29)/b25-15+. The molecule has 10 nitrogen and oxygen atoms in total. The van der Waals surface area contributed by atoms with E-state index in [1.54, 1.807) is 55.5 Å². The minimum atomic E-state index is -4.13. The molecule has 3 aromatic carbocycles. The number of benzene rings is 3. The highest BCUT2D eigenvalue weighted by atomic mass is 32.2. The number of non-ortho nitro benzene ring substituents is 1.